The van der Waals surface area contributed by atoms with Crippen molar-refractivity contribution in [3.8, 4) is 0 Å². The molecule has 6 nitrogen and oxygen atoms in total. The number of nitrogens with one attached hydrogen (secondary N) is 1. The third-order valence-corrected chi connectivity index (χ3v) is 5.35. The van der Waals surface area contributed by atoms with Gasteiger partial charge in [0.2, 0.25) is 11.8 Å². The van der Waals surface area contributed by atoms with Crippen LogP contribution in [0.25, 0.3) is 0 Å². The molecule has 0 aliphatic heterocycles. The Balaban J connectivity index is 3.05. The number of rotatable bonds is 9. The van der Waals surface area contributed by atoms with Crippen LogP contribution in [0.5, 0.6) is 0 Å². The van der Waals surface area contributed by atoms with Crippen molar-refractivity contribution in [3.63, 3.8) is 0 Å². The lowest BCUT2D eigenvalue weighted by molar-refractivity contribution is -0.140. The van der Waals surface area contributed by atoms with E-state index in [0.717, 1.165) is 31.4 Å². The van der Waals surface area contributed by atoms with Crippen LogP contribution in [0, 0.1) is 5.92 Å². The monoisotopic (exact) mass is 420 g/mol. The van der Waals surface area contributed by atoms with Gasteiger partial charge in [0.25, 0.3) is 0 Å². The van der Waals surface area contributed by atoms with E-state index in [1.165, 1.54) is 0 Å². The van der Waals surface area contributed by atoms with E-state index in [9.17, 15) is 9.59 Å². The predicted octanol–water partition coefficient (Wildman–Crippen LogP) is 5.33. The van der Waals surface area contributed by atoms with Gasteiger partial charge in [-0.2, -0.15) is 5.10 Å². The third kappa shape index (κ3) is 7.13. The van der Waals surface area contributed by atoms with Crippen LogP contribution in [0.2, 0.25) is 0 Å². The predicted molar refractivity (Wildman–Crippen MR) is 125 cm³/mol. The number of amides is 2. The maximum Gasteiger partial charge on any atom is 0.245 e. The lowest BCUT2D eigenvalue weighted by Gasteiger charge is -2.30. The highest BCUT2D eigenvalue weighted by atomic mass is 16.2. The second-order valence-electron chi connectivity index (χ2n) is 10.6. The highest BCUT2D eigenvalue weighted by Gasteiger charge is 2.29. The van der Waals surface area contributed by atoms with E-state index >= 15 is 0 Å². The molecule has 1 atom stereocenters. The Bertz CT molecular complexity index is 708. The second kappa shape index (κ2) is 10.5. The number of carbonyl (C=O) groups excluding carboxylic acids is 2. The minimum atomic E-state index is -0.271. The minimum absolute atomic E-state index is 0.0206. The summed E-state index contributed by atoms with van der Waals surface area (Å²) in [6.07, 6.45) is 3.78. The Morgan fingerprint density at radius 2 is 1.73 bits per heavy atom. The van der Waals surface area contributed by atoms with Gasteiger partial charge >= 0.3 is 0 Å². The molecule has 0 radical (unpaired) electrons. The van der Waals surface area contributed by atoms with Gasteiger partial charge in [-0.3, -0.25) is 9.59 Å². The van der Waals surface area contributed by atoms with E-state index in [0.29, 0.717) is 5.82 Å². The van der Waals surface area contributed by atoms with Crippen LogP contribution in [0.1, 0.15) is 101 Å². The van der Waals surface area contributed by atoms with Crippen molar-refractivity contribution < 1.29 is 9.59 Å². The first kappa shape index (κ1) is 26.2. The molecule has 0 saturated carbocycles. The van der Waals surface area contributed by atoms with Crippen LogP contribution in [0.15, 0.2) is 6.07 Å². The van der Waals surface area contributed by atoms with Gasteiger partial charge in [-0.1, -0.05) is 47.5 Å². The van der Waals surface area contributed by atoms with Gasteiger partial charge in [0.05, 0.1) is 11.2 Å². The Hall–Kier alpha value is -1.85. The van der Waals surface area contributed by atoms with Crippen molar-refractivity contribution in [2.75, 3.05) is 11.9 Å². The molecule has 1 aromatic rings. The van der Waals surface area contributed by atoms with E-state index in [1.807, 2.05) is 31.5 Å². The first-order valence-corrected chi connectivity index (χ1v) is 11.4. The number of hydrogen-bond acceptors (Lipinski definition) is 3. The van der Waals surface area contributed by atoms with Gasteiger partial charge < -0.3 is 10.2 Å². The summed E-state index contributed by atoms with van der Waals surface area (Å²) in [5.41, 5.74) is 0.534. The van der Waals surface area contributed by atoms with E-state index in [-0.39, 0.29) is 41.3 Å². The van der Waals surface area contributed by atoms with Crippen LogP contribution >= 0.6 is 0 Å². The molecule has 0 saturated heterocycles. The third-order valence-electron chi connectivity index (χ3n) is 5.35. The van der Waals surface area contributed by atoms with Crippen LogP contribution in [-0.2, 0) is 20.5 Å². The van der Waals surface area contributed by atoms with Crippen molar-refractivity contribution in [1.82, 2.24) is 14.7 Å². The topological polar surface area (TPSA) is 67.2 Å². The quantitative estimate of drug-likeness (QED) is 0.587. The summed E-state index contributed by atoms with van der Waals surface area (Å²) in [7, 11) is 0. The van der Waals surface area contributed by atoms with Crippen LogP contribution < -0.4 is 5.32 Å². The number of nitrogens with zero attached hydrogens (tertiary/aromatic N) is 3. The molecule has 0 unspecified atom stereocenters. The summed E-state index contributed by atoms with van der Waals surface area (Å²) < 4.78 is 1.86. The zero-order valence-electron chi connectivity index (χ0n) is 20.9. The molecule has 1 rings (SSSR count). The summed E-state index contributed by atoms with van der Waals surface area (Å²) in [5, 5.41) is 7.77. The van der Waals surface area contributed by atoms with Gasteiger partial charge in [-0.05, 0) is 47.5 Å². The lowest BCUT2D eigenvalue weighted by Crippen LogP contribution is -2.45. The molecular weight excluding hydrogens is 376 g/mol. The van der Waals surface area contributed by atoms with Crippen molar-refractivity contribution in [1.29, 1.82) is 0 Å². The molecule has 0 fully saturated rings. The lowest BCUT2D eigenvalue weighted by atomic mass is 9.92. The molecular formula is C24H44N4O2. The first-order valence-electron chi connectivity index (χ1n) is 11.4. The highest BCUT2D eigenvalue weighted by Crippen LogP contribution is 2.28. The molecule has 30 heavy (non-hydrogen) atoms. The van der Waals surface area contributed by atoms with E-state index < -0.39 is 0 Å². The van der Waals surface area contributed by atoms with Crippen LogP contribution in [0.4, 0.5) is 5.82 Å². The van der Waals surface area contributed by atoms with E-state index in [4.69, 9.17) is 5.10 Å². The van der Waals surface area contributed by atoms with Gasteiger partial charge in [0.15, 0.2) is 0 Å². The molecule has 0 bridgehead atoms. The normalized spacial score (nSPS) is 13.4. The van der Waals surface area contributed by atoms with Gasteiger partial charge in [-0.25, -0.2) is 4.68 Å². The Kier molecular flexibility index (Phi) is 9.12. The number of aromatic nitrogens is 2. The number of unbranched alkanes of at least 4 members (excludes halogenated alkanes) is 1. The molecule has 0 aliphatic rings. The molecule has 0 aromatic carbocycles. The van der Waals surface area contributed by atoms with Crippen molar-refractivity contribution in [2.45, 2.75) is 112 Å². The average Bonchev–Trinajstić information content (AvgIpc) is 3.04. The molecule has 172 valence electrons. The minimum Gasteiger partial charge on any atom is -0.331 e. The smallest absolute Gasteiger partial charge is 0.245 e. The van der Waals surface area contributed by atoms with Gasteiger partial charge in [0, 0.05) is 23.4 Å². The second-order valence-corrected chi connectivity index (χ2v) is 10.6. The Labute approximate surface area is 183 Å². The van der Waals surface area contributed by atoms with E-state index in [2.05, 4.69) is 53.8 Å². The summed E-state index contributed by atoms with van der Waals surface area (Å²) in [6, 6.07) is 1.91. The number of carbonyl (C=O) groups is 2. The fourth-order valence-corrected chi connectivity index (χ4v) is 3.39. The first-order chi connectivity index (χ1) is 13.7. The average molecular weight is 421 g/mol. The molecule has 2 amide bonds. The van der Waals surface area contributed by atoms with Crippen molar-refractivity contribution in [3.05, 3.63) is 11.8 Å². The molecule has 6 heteroatoms. The molecule has 1 aromatic heterocycles. The maximum absolute atomic E-state index is 13.1. The standard InChI is InChI=1S/C24H44N4O2/c1-11-13-14-18(12-2)22(30)27(17(3)4)16-21(29)25-20-15-19(23(5,6)7)26-28(20)24(8,9)10/h15,17-18H,11-14,16H2,1-10H3,(H,25,29)/t18-/m1/s1. The van der Waals surface area contributed by atoms with Gasteiger partial charge in [0.1, 0.15) is 12.4 Å². The number of hydrogen-bond donors (Lipinski definition) is 1. The molecule has 1 N–H and O–H groups in total. The Morgan fingerprint density at radius 3 is 2.17 bits per heavy atom. The SMILES string of the molecule is CCCC[C@@H](CC)C(=O)N(CC(=O)Nc1cc(C(C)(C)C)nn1C(C)(C)C)C(C)C. The van der Waals surface area contributed by atoms with Crippen LogP contribution in [0.3, 0.4) is 0 Å². The summed E-state index contributed by atoms with van der Waals surface area (Å²) >= 11 is 0. The summed E-state index contributed by atoms with van der Waals surface area (Å²) in [5.74, 6) is 0.545. The molecule has 0 spiro atoms. The Morgan fingerprint density at radius 1 is 1.13 bits per heavy atom. The molecule has 0 aliphatic carbocycles. The summed E-state index contributed by atoms with van der Waals surface area (Å²) in [4.78, 5) is 27.8. The van der Waals surface area contributed by atoms with Gasteiger partial charge in [-0.15, -0.1) is 0 Å². The molecule has 1 heterocycles. The largest absolute Gasteiger partial charge is 0.331 e. The van der Waals surface area contributed by atoms with E-state index in [1.54, 1.807) is 4.90 Å². The zero-order chi connectivity index (χ0) is 23.3. The zero-order valence-corrected chi connectivity index (χ0v) is 20.9. The summed E-state index contributed by atoms with van der Waals surface area (Å²) in [6.45, 7) is 20.7. The van der Waals surface area contributed by atoms with Crippen LogP contribution in [-0.4, -0.2) is 39.1 Å². The van der Waals surface area contributed by atoms with Crippen molar-refractivity contribution in [2.24, 2.45) is 5.92 Å². The van der Waals surface area contributed by atoms with Crippen molar-refractivity contribution >= 4 is 17.6 Å². The fourth-order valence-electron chi connectivity index (χ4n) is 3.39. The highest BCUT2D eigenvalue weighted by molar-refractivity contribution is 5.94. The number of anilines is 1. The maximum atomic E-state index is 13.1. The fraction of sp³-hybridized carbons (Fsp3) is 0.792.